The molecule has 0 saturated carbocycles. The largest absolute Gasteiger partial charge is 0.398 e. The molecule has 0 saturated heterocycles. The van der Waals surface area contributed by atoms with Gasteiger partial charge in [-0.2, -0.15) is 0 Å². The summed E-state index contributed by atoms with van der Waals surface area (Å²) in [7, 11) is 0. The van der Waals surface area contributed by atoms with Crippen molar-refractivity contribution < 1.29 is 0 Å². The quantitative estimate of drug-likeness (QED) is 0.794. The van der Waals surface area contributed by atoms with Crippen LogP contribution in [0.5, 0.6) is 0 Å². The number of hydrogen-bond acceptors (Lipinski definition) is 2. The van der Waals surface area contributed by atoms with Gasteiger partial charge in [-0.1, -0.05) is 39.8 Å². The molecule has 110 valence electrons. The SMILES string of the molecule is CC1(C)C=C(c2ccc3nccc(N)c3c2)CC(C)(C)C1. The molecule has 0 atom stereocenters. The molecular formula is C19H24N2. The number of nitrogens with zero attached hydrogens (tertiary/aromatic N) is 1. The van der Waals surface area contributed by atoms with Crippen LogP contribution in [-0.2, 0) is 0 Å². The van der Waals surface area contributed by atoms with Crippen LogP contribution in [0.25, 0.3) is 16.5 Å². The van der Waals surface area contributed by atoms with E-state index in [0.29, 0.717) is 5.41 Å². The van der Waals surface area contributed by atoms with Gasteiger partial charge in [0.2, 0.25) is 0 Å². The van der Waals surface area contributed by atoms with E-state index in [2.05, 4.69) is 57.0 Å². The molecule has 2 aromatic rings. The van der Waals surface area contributed by atoms with Crippen molar-refractivity contribution in [1.82, 2.24) is 4.98 Å². The lowest BCUT2D eigenvalue weighted by Gasteiger charge is -2.39. The van der Waals surface area contributed by atoms with E-state index >= 15 is 0 Å². The number of allylic oxidation sites excluding steroid dienone is 2. The normalized spacial score (nSPS) is 20.3. The highest BCUT2D eigenvalue weighted by molar-refractivity contribution is 5.92. The average Bonchev–Trinajstić information content (AvgIpc) is 2.35. The molecule has 2 nitrogen and oxygen atoms in total. The number of anilines is 1. The molecule has 0 fully saturated rings. The van der Waals surface area contributed by atoms with Crippen LogP contribution in [0.2, 0.25) is 0 Å². The maximum Gasteiger partial charge on any atom is 0.0723 e. The molecule has 1 aromatic carbocycles. The molecule has 0 unspecified atom stereocenters. The molecule has 0 bridgehead atoms. The van der Waals surface area contributed by atoms with E-state index in [1.807, 2.05) is 6.07 Å². The van der Waals surface area contributed by atoms with Crippen molar-refractivity contribution >= 4 is 22.2 Å². The minimum Gasteiger partial charge on any atom is -0.398 e. The van der Waals surface area contributed by atoms with Crippen LogP contribution >= 0.6 is 0 Å². The molecule has 3 rings (SSSR count). The molecule has 0 radical (unpaired) electrons. The summed E-state index contributed by atoms with van der Waals surface area (Å²) in [6.45, 7) is 9.37. The maximum atomic E-state index is 6.10. The summed E-state index contributed by atoms with van der Waals surface area (Å²) in [4.78, 5) is 4.39. The predicted octanol–water partition coefficient (Wildman–Crippen LogP) is 5.05. The summed E-state index contributed by atoms with van der Waals surface area (Å²) in [5.74, 6) is 0. The zero-order chi connectivity index (χ0) is 15.3. The number of hydrogen-bond donors (Lipinski definition) is 1. The zero-order valence-corrected chi connectivity index (χ0v) is 13.4. The molecule has 1 aliphatic rings. The Morgan fingerprint density at radius 3 is 2.57 bits per heavy atom. The van der Waals surface area contributed by atoms with Crippen LogP contribution < -0.4 is 5.73 Å². The van der Waals surface area contributed by atoms with Gasteiger partial charge in [-0.05, 0) is 53.0 Å². The van der Waals surface area contributed by atoms with Crippen LogP contribution in [0.4, 0.5) is 5.69 Å². The average molecular weight is 280 g/mol. The van der Waals surface area contributed by atoms with Gasteiger partial charge < -0.3 is 5.73 Å². The Kier molecular flexibility index (Phi) is 3.09. The monoisotopic (exact) mass is 280 g/mol. The first-order chi connectivity index (χ1) is 9.76. The van der Waals surface area contributed by atoms with Crippen LogP contribution in [0.3, 0.4) is 0 Å². The number of pyridine rings is 1. The van der Waals surface area contributed by atoms with Crippen LogP contribution in [0.1, 0.15) is 46.1 Å². The Balaban J connectivity index is 2.12. The smallest absolute Gasteiger partial charge is 0.0723 e. The lowest BCUT2D eigenvalue weighted by molar-refractivity contribution is 0.229. The van der Waals surface area contributed by atoms with Crippen LogP contribution in [0, 0.1) is 10.8 Å². The number of nitrogens with two attached hydrogens (primary N) is 1. The summed E-state index contributed by atoms with van der Waals surface area (Å²) in [5.41, 5.74) is 11.2. The fraction of sp³-hybridized carbons (Fsp3) is 0.421. The lowest BCUT2D eigenvalue weighted by Crippen LogP contribution is -2.26. The summed E-state index contributed by atoms with van der Waals surface area (Å²) >= 11 is 0. The van der Waals surface area contributed by atoms with Gasteiger partial charge in [-0.15, -0.1) is 0 Å². The van der Waals surface area contributed by atoms with E-state index in [4.69, 9.17) is 5.73 Å². The minimum atomic E-state index is 0.243. The Morgan fingerprint density at radius 2 is 1.86 bits per heavy atom. The van der Waals surface area contributed by atoms with Crippen molar-refractivity contribution in [3.8, 4) is 0 Å². The lowest BCUT2D eigenvalue weighted by atomic mass is 9.66. The van der Waals surface area contributed by atoms with E-state index in [9.17, 15) is 0 Å². The highest BCUT2D eigenvalue weighted by Gasteiger charge is 2.33. The second-order valence-corrected chi connectivity index (χ2v) is 7.81. The maximum absolute atomic E-state index is 6.10. The van der Waals surface area contributed by atoms with Gasteiger partial charge in [0.1, 0.15) is 0 Å². The van der Waals surface area contributed by atoms with Gasteiger partial charge in [0.05, 0.1) is 5.52 Å². The number of aromatic nitrogens is 1. The van der Waals surface area contributed by atoms with Gasteiger partial charge in [0, 0.05) is 17.3 Å². The third-order valence-electron chi connectivity index (χ3n) is 4.31. The van der Waals surface area contributed by atoms with Gasteiger partial charge in [-0.3, -0.25) is 4.98 Å². The summed E-state index contributed by atoms with van der Waals surface area (Å²) in [6.07, 6.45) is 6.54. The number of fused-ring (bicyclic) bond motifs is 1. The third kappa shape index (κ3) is 2.80. The summed E-state index contributed by atoms with van der Waals surface area (Å²) in [6, 6.07) is 8.32. The minimum absolute atomic E-state index is 0.243. The number of rotatable bonds is 1. The molecule has 1 heterocycles. The van der Waals surface area contributed by atoms with E-state index in [1.165, 1.54) is 17.6 Å². The van der Waals surface area contributed by atoms with Gasteiger partial charge in [0.25, 0.3) is 0 Å². The van der Waals surface area contributed by atoms with Crippen LogP contribution in [-0.4, -0.2) is 4.98 Å². The first-order valence-corrected chi connectivity index (χ1v) is 7.62. The fourth-order valence-corrected chi connectivity index (χ4v) is 3.94. The molecule has 2 heteroatoms. The molecule has 21 heavy (non-hydrogen) atoms. The molecule has 0 amide bonds. The van der Waals surface area contributed by atoms with E-state index < -0.39 is 0 Å². The van der Waals surface area contributed by atoms with Crippen molar-refractivity contribution in [3.05, 3.63) is 42.1 Å². The molecule has 0 spiro atoms. The third-order valence-corrected chi connectivity index (χ3v) is 4.31. The van der Waals surface area contributed by atoms with Crippen molar-refractivity contribution in [2.24, 2.45) is 10.8 Å². The highest BCUT2D eigenvalue weighted by atomic mass is 14.7. The molecule has 1 aromatic heterocycles. The second-order valence-electron chi connectivity index (χ2n) is 7.81. The summed E-state index contributed by atoms with van der Waals surface area (Å²) in [5, 5.41) is 1.05. The van der Waals surface area contributed by atoms with Crippen molar-refractivity contribution in [2.75, 3.05) is 5.73 Å². The van der Waals surface area contributed by atoms with E-state index in [-0.39, 0.29) is 5.41 Å². The first kappa shape index (κ1) is 14.1. The van der Waals surface area contributed by atoms with Crippen molar-refractivity contribution in [1.29, 1.82) is 0 Å². The number of benzene rings is 1. The van der Waals surface area contributed by atoms with Crippen LogP contribution in [0.15, 0.2) is 36.5 Å². The number of nitrogen functional groups attached to an aromatic ring is 1. The molecule has 1 aliphatic carbocycles. The molecule has 2 N–H and O–H groups in total. The Morgan fingerprint density at radius 1 is 1.10 bits per heavy atom. The van der Waals surface area contributed by atoms with E-state index in [0.717, 1.165) is 23.0 Å². The van der Waals surface area contributed by atoms with Gasteiger partial charge >= 0.3 is 0 Å². The van der Waals surface area contributed by atoms with E-state index in [1.54, 1.807) is 6.20 Å². The Labute approximate surface area is 127 Å². The zero-order valence-electron chi connectivity index (χ0n) is 13.4. The topological polar surface area (TPSA) is 38.9 Å². The van der Waals surface area contributed by atoms with Gasteiger partial charge in [-0.25, -0.2) is 0 Å². The first-order valence-electron chi connectivity index (χ1n) is 7.62. The van der Waals surface area contributed by atoms with Crippen molar-refractivity contribution in [2.45, 2.75) is 40.5 Å². The predicted molar refractivity (Wildman–Crippen MR) is 90.9 cm³/mol. The second kappa shape index (κ2) is 4.59. The molecule has 0 aliphatic heterocycles. The Hall–Kier alpha value is -1.83. The van der Waals surface area contributed by atoms with Crippen molar-refractivity contribution in [3.63, 3.8) is 0 Å². The standard InChI is InChI=1S/C19H24N2/c1-18(2)10-14(11-19(3,4)12-18)13-5-6-17-15(9-13)16(20)7-8-21-17/h5-10H,11-12H2,1-4H3,(H2,20,21). The summed E-state index contributed by atoms with van der Waals surface area (Å²) < 4.78 is 0. The van der Waals surface area contributed by atoms with Gasteiger partial charge in [0.15, 0.2) is 0 Å². The Bertz CT molecular complexity index is 723. The fourth-order valence-electron chi connectivity index (χ4n) is 3.94. The molecular weight excluding hydrogens is 256 g/mol. The highest BCUT2D eigenvalue weighted by Crippen LogP contribution is 2.47.